The number of carbonyl (C=O) groups excluding carboxylic acids is 1. The molecule has 3 rings (SSSR count). The fraction of sp³-hybridized carbons (Fsp3) is 0.375. The van der Waals surface area contributed by atoms with Gasteiger partial charge in [0.15, 0.2) is 0 Å². The second-order valence-corrected chi connectivity index (χ2v) is 5.45. The zero-order valence-corrected chi connectivity index (χ0v) is 13.5. The second kappa shape index (κ2) is 8.10. The molecule has 1 aliphatic rings. The quantitative estimate of drug-likeness (QED) is 0.872. The van der Waals surface area contributed by atoms with E-state index in [0.717, 1.165) is 24.1 Å². The number of hydrogen-bond acceptors (Lipinski definition) is 4. The van der Waals surface area contributed by atoms with Gasteiger partial charge in [0, 0.05) is 24.6 Å². The molecule has 1 amide bonds. The molecule has 0 aliphatic carbocycles. The van der Waals surface area contributed by atoms with E-state index in [2.05, 4.69) is 10.4 Å². The molecule has 2 atom stereocenters. The van der Waals surface area contributed by atoms with E-state index in [1.54, 1.807) is 6.20 Å². The number of nitrogens with two attached hydrogens (primary N) is 1. The van der Waals surface area contributed by atoms with Crippen molar-refractivity contribution in [2.45, 2.75) is 31.6 Å². The van der Waals surface area contributed by atoms with Gasteiger partial charge in [-0.3, -0.25) is 9.48 Å². The summed E-state index contributed by atoms with van der Waals surface area (Å²) >= 11 is 0. The van der Waals surface area contributed by atoms with E-state index in [4.69, 9.17) is 10.5 Å². The predicted octanol–water partition coefficient (Wildman–Crippen LogP) is 1.80. The Morgan fingerprint density at radius 3 is 2.74 bits per heavy atom. The molecule has 0 saturated carbocycles. The van der Waals surface area contributed by atoms with Crippen LogP contribution in [0, 0.1) is 0 Å². The molecule has 1 aromatic heterocycles. The first-order valence-corrected chi connectivity index (χ1v) is 7.47. The number of benzene rings is 1. The molecule has 0 spiro atoms. The third-order valence-electron chi connectivity index (χ3n) is 3.79. The van der Waals surface area contributed by atoms with Gasteiger partial charge in [-0.15, -0.1) is 12.4 Å². The van der Waals surface area contributed by atoms with E-state index in [1.807, 2.05) is 41.2 Å². The van der Waals surface area contributed by atoms with Crippen molar-refractivity contribution in [2.24, 2.45) is 5.73 Å². The predicted molar refractivity (Wildman–Crippen MR) is 90.6 cm³/mol. The molecular formula is C16H21ClN4O2. The van der Waals surface area contributed by atoms with Gasteiger partial charge >= 0.3 is 0 Å². The highest BCUT2D eigenvalue weighted by atomic mass is 35.5. The van der Waals surface area contributed by atoms with Gasteiger partial charge in [0.2, 0.25) is 0 Å². The molecule has 1 fully saturated rings. The maximum absolute atomic E-state index is 12.1. The van der Waals surface area contributed by atoms with E-state index in [0.29, 0.717) is 13.1 Å². The number of halogens is 1. The summed E-state index contributed by atoms with van der Waals surface area (Å²) in [5.74, 6) is -0.101. The van der Waals surface area contributed by atoms with E-state index < -0.39 is 6.10 Å². The number of amides is 1. The molecule has 23 heavy (non-hydrogen) atoms. The number of aromatic nitrogens is 2. The summed E-state index contributed by atoms with van der Waals surface area (Å²) in [7, 11) is 0. The lowest BCUT2D eigenvalue weighted by atomic mass is 10.1. The van der Waals surface area contributed by atoms with Crippen LogP contribution in [0.5, 0.6) is 0 Å². The summed E-state index contributed by atoms with van der Waals surface area (Å²) < 4.78 is 7.44. The van der Waals surface area contributed by atoms with Crippen LogP contribution in [0.25, 0.3) is 0 Å². The monoisotopic (exact) mass is 336 g/mol. The van der Waals surface area contributed by atoms with Crippen molar-refractivity contribution in [3.05, 3.63) is 48.3 Å². The topological polar surface area (TPSA) is 82.2 Å². The van der Waals surface area contributed by atoms with Gasteiger partial charge in [-0.1, -0.05) is 12.1 Å². The average Bonchev–Trinajstić information content (AvgIpc) is 3.20. The largest absolute Gasteiger partial charge is 0.364 e. The van der Waals surface area contributed by atoms with Gasteiger partial charge < -0.3 is 15.8 Å². The minimum Gasteiger partial charge on any atom is -0.364 e. The fourth-order valence-corrected chi connectivity index (χ4v) is 2.57. The summed E-state index contributed by atoms with van der Waals surface area (Å²) in [5.41, 5.74) is 7.46. The summed E-state index contributed by atoms with van der Waals surface area (Å²) in [6, 6.07) is 9.65. The molecule has 124 valence electrons. The van der Waals surface area contributed by atoms with Crippen LogP contribution in [-0.2, 0) is 16.1 Å². The third kappa shape index (κ3) is 4.54. The zero-order chi connectivity index (χ0) is 15.4. The molecular weight excluding hydrogens is 316 g/mol. The second-order valence-electron chi connectivity index (χ2n) is 5.45. The third-order valence-corrected chi connectivity index (χ3v) is 3.79. The van der Waals surface area contributed by atoms with Gasteiger partial charge in [0.1, 0.15) is 6.10 Å². The lowest BCUT2D eigenvalue weighted by Gasteiger charge is -2.13. The lowest BCUT2D eigenvalue weighted by Crippen LogP contribution is -2.29. The highest BCUT2D eigenvalue weighted by molar-refractivity contribution is 5.94. The number of nitrogens with one attached hydrogen (secondary N) is 1. The number of anilines is 1. The molecule has 7 heteroatoms. The normalized spacial score (nSPS) is 20.0. The molecule has 6 nitrogen and oxygen atoms in total. The Morgan fingerprint density at radius 1 is 1.35 bits per heavy atom. The molecule has 1 aromatic carbocycles. The van der Waals surface area contributed by atoms with E-state index in [9.17, 15) is 4.79 Å². The smallest absolute Gasteiger partial charge is 0.253 e. The SMILES string of the molecule is Cl.NC[C@H]1CC[C@@H](C(=O)Nc2ccc(Cn3cccn3)cc2)O1. The van der Waals surface area contributed by atoms with Crippen LogP contribution in [0.3, 0.4) is 0 Å². The summed E-state index contributed by atoms with van der Waals surface area (Å²) in [4.78, 5) is 12.1. The van der Waals surface area contributed by atoms with Crippen molar-refractivity contribution >= 4 is 24.0 Å². The Kier molecular flexibility index (Phi) is 6.15. The molecule has 3 N–H and O–H groups in total. The first-order valence-electron chi connectivity index (χ1n) is 7.47. The van der Waals surface area contributed by atoms with Crippen LogP contribution in [0.2, 0.25) is 0 Å². The molecule has 1 saturated heterocycles. The summed E-state index contributed by atoms with van der Waals surface area (Å²) in [6.07, 6.45) is 4.86. The van der Waals surface area contributed by atoms with Gasteiger partial charge in [-0.2, -0.15) is 5.10 Å². The summed E-state index contributed by atoms with van der Waals surface area (Å²) in [5, 5.41) is 7.06. The average molecular weight is 337 g/mol. The maximum atomic E-state index is 12.1. The standard InChI is InChI=1S/C16H20N4O2.ClH/c17-10-14-6-7-15(22-14)16(21)19-13-4-2-12(3-5-13)11-20-9-1-8-18-20;/h1-5,8-9,14-15H,6-7,10-11,17H2,(H,19,21);1H/t14-,15+;/m1./s1. The van der Waals surface area contributed by atoms with Crippen molar-refractivity contribution in [1.82, 2.24) is 9.78 Å². The first-order chi connectivity index (χ1) is 10.7. The molecule has 0 unspecified atom stereocenters. The minimum atomic E-state index is -0.391. The number of ether oxygens (including phenoxy) is 1. The van der Waals surface area contributed by atoms with Gasteiger partial charge in [-0.25, -0.2) is 0 Å². The molecule has 0 bridgehead atoms. The van der Waals surface area contributed by atoms with Crippen molar-refractivity contribution in [1.29, 1.82) is 0 Å². The van der Waals surface area contributed by atoms with Crippen LogP contribution >= 0.6 is 12.4 Å². The van der Waals surface area contributed by atoms with Crippen LogP contribution in [-0.4, -0.2) is 34.4 Å². The zero-order valence-electron chi connectivity index (χ0n) is 12.7. The molecule has 1 aliphatic heterocycles. The van der Waals surface area contributed by atoms with Crippen molar-refractivity contribution in [2.75, 3.05) is 11.9 Å². The summed E-state index contributed by atoms with van der Waals surface area (Å²) in [6.45, 7) is 1.18. The minimum absolute atomic E-state index is 0. The number of nitrogens with zero attached hydrogens (tertiary/aromatic N) is 2. The molecule has 2 heterocycles. The molecule has 0 radical (unpaired) electrons. The van der Waals surface area contributed by atoms with Gasteiger partial charge in [-0.05, 0) is 36.6 Å². The highest BCUT2D eigenvalue weighted by Crippen LogP contribution is 2.20. The Hall–Kier alpha value is -1.89. The Morgan fingerprint density at radius 2 is 2.13 bits per heavy atom. The van der Waals surface area contributed by atoms with Crippen LogP contribution in [0.15, 0.2) is 42.7 Å². The maximum Gasteiger partial charge on any atom is 0.253 e. The van der Waals surface area contributed by atoms with Crippen molar-refractivity contribution < 1.29 is 9.53 Å². The lowest BCUT2D eigenvalue weighted by molar-refractivity contribution is -0.126. The first kappa shape index (κ1) is 17.5. The van der Waals surface area contributed by atoms with Crippen molar-refractivity contribution in [3.8, 4) is 0 Å². The van der Waals surface area contributed by atoms with Crippen LogP contribution in [0.1, 0.15) is 18.4 Å². The van der Waals surface area contributed by atoms with E-state index in [1.165, 1.54) is 0 Å². The molecule has 2 aromatic rings. The Balaban J connectivity index is 0.00000192. The fourth-order valence-electron chi connectivity index (χ4n) is 2.57. The number of carbonyl (C=O) groups is 1. The van der Waals surface area contributed by atoms with Crippen molar-refractivity contribution in [3.63, 3.8) is 0 Å². The van der Waals surface area contributed by atoms with Crippen LogP contribution < -0.4 is 11.1 Å². The van der Waals surface area contributed by atoms with Crippen LogP contribution in [0.4, 0.5) is 5.69 Å². The van der Waals surface area contributed by atoms with E-state index in [-0.39, 0.29) is 24.4 Å². The number of hydrogen-bond donors (Lipinski definition) is 2. The Labute approximate surface area is 141 Å². The highest BCUT2D eigenvalue weighted by Gasteiger charge is 2.29. The van der Waals surface area contributed by atoms with Gasteiger partial charge in [0.05, 0.1) is 12.6 Å². The van der Waals surface area contributed by atoms with E-state index >= 15 is 0 Å². The van der Waals surface area contributed by atoms with Gasteiger partial charge in [0.25, 0.3) is 5.91 Å². The number of rotatable bonds is 5. The Bertz CT molecular complexity index is 616.